The molecule has 0 aliphatic heterocycles. The van der Waals surface area contributed by atoms with E-state index in [1.54, 1.807) is 11.8 Å². The van der Waals surface area contributed by atoms with Crippen LogP contribution in [-0.2, 0) is 6.54 Å². The zero-order chi connectivity index (χ0) is 13.5. The summed E-state index contributed by atoms with van der Waals surface area (Å²) in [6.07, 6.45) is 1.48. The van der Waals surface area contributed by atoms with Gasteiger partial charge in [-0.2, -0.15) is 0 Å². The van der Waals surface area contributed by atoms with Crippen molar-refractivity contribution in [3.8, 4) is 0 Å². The van der Waals surface area contributed by atoms with Crippen molar-refractivity contribution in [2.75, 3.05) is 6.54 Å². The summed E-state index contributed by atoms with van der Waals surface area (Å²) in [5.41, 5.74) is 1.20. The number of aliphatic hydroxyl groups excluding tert-OH is 1. The molecule has 1 aromatic rings. The van der Waals surface area contributed by atoms with E-state index in [4.69, 9.17) is 0 Å². The van der Waals surface area contributed by atoms with Crippen LogP contribution in [0.1, 0.15) is 33.3 Å². The number of pyridine rings is 1. The molecule has 0 bridgehead atoms. The average Bonchev–Trinajstić information content (AvgIpc) is 2.30. The summed E-state index contributed by atoms with van der Waals surface area (Å²) in [7, 11) is 0. The van der Waals surface area contributed by atoms with E-state index >= 15 is 0 Å². The average molecular weight is 268 g/mol. The van der Waals surface area contributed by atoms with Gasteiger partial charge in [0.05, 0.1) is 6.10 Å². The van der Waals surface area contributed by atoms with Crippen LogP contribution in [0.2, 0.25) is 0 Å². The minimum absolute atomic E-state index is 0.156. The lowest BCUT2D eigenvalue weighted by atomic mass is 10.2. The van der Waals surface area contributed by atoms with E-state index in [0.717, 1.165) is 18.1 Å². The van der Waals surface area contributed by atoms with Gasteiger partial charge in [-0.05, 0) is 31.0 Å². The van der Waals surface area contributed by atoms with E-state index in [0.29, 0.717) is 5.92 Å². The summed E-state index contributed by atoms with van der Waals surface area (Å²) in [6, 6.07) is 4.06. The van der Waals surface area contributed by atoms with Crippen LogP contribution in [0.25, 0.3) is 0 Å². The van der Waals surface area contributed by atoms with Gasteiger partial charge >= 0.3 is 0 Å². The fourth-order valence-corrected chi connectivity index (χ4v) is 2.40. The van der Waals surface area contributed by atoms with Gasteiger partial charge in [0.1, 0.15) is 5.03 Å². The molecule has 1 aromatic heterocycles. The first-order valence-electron chi connectivity index (χ1n) is 6.50. The summed E-state index contributed by atoms with van der Waals surface area (Å²) in [5.74, 6) is 0.647. The molecule has 0 saturated heterocycles. The molecule has 3 nitrogen and oxygen atoms in total. The Morgan fingerprint density at radius 3 is 2.67 bits per heavy atom. The van der Waals surface area contributed by atoms with Gasteiger partial charge in [0.2, 0.25) is 0 Å². The molecule has 0 aromatic carbocycles. The van der Waals surface area contributed by atoms with Crippen molar-refractivity contribution in [2.24, 2.45) is 5.92 Å². The summed E-state index contributed by atoms with van der Waals surface area (Å²) in [6.45, 7) is 10.1. The lowest BCUT2D eigenvalue weighted by molar-refractivity contribution is 0.196. The number of hydrogen-bond donors (Lipinski definition) is 2. The number of aliphatic hydroxyl groups is 1. The van der Waals surface area contributed by atoms with Crippen molar-refractivity contribution in [3.05, 3.63) is 23.9 Å². The Kier molecular flexibility index (Phi) is 6.68. The molecule has 0 aliphatic carbocycles. The quantitative estimate of drug-likeness (QED) is 0.746. The maximum Gasteiger partial charge on any atom is 0.101 e. The molecule has 2 N–H and O–H groups in total. The first kappa shape index (κ1) is 15.5. The minimum Gasteiger partial charge on any atom is -0.392 e. The van der Waals surface area contributed by atoms with Crippen LogP contribution in [0.15, 0.2) is 23.4 Å². The normalized spacial score (nSPS) is 14.8. The maximum absolute atomic E-state index is 9.56. The second kappa shape index (κ2) is 7.77. The van der Waals surface area contributed by atoms with Crippen LogP contribution >= 0.6 is 11.8 Å². The van der Waals surface area contributed by atoms with E-state index in [1.165, 1.54) is 5.56 Å². The predicted octanol–water partition coefficient (Wildman–Crippen LogP) is 2.69. The molecule has 1 heterocycles. The molecule has 0 spiro atoms. The number of aromatic nitrogens is 1. The van der Waals surface area contributed by atoms with Gasteiger partial charge in [-0.3, -0.25) is 0 Å². The van der Waals surface area contributed by atoms with Crippen LogP contribution in [0.3, 0.4) is 0 Å². The highest BCUT2D eigenvalue weighted by molar-refractivity contribution is 7.99. The topological polar surface area (TPSA) is 45.2 Å². The molecule has 0 aliphatic rings. The lowest BCUT2D eigenvalue weighted by Gasteiger charge is -2.16. The Labute approximate surface area is 114 Å². The van der Waals surface area contributed by atoms with Crippen molar-refractivity contribution < 1.29 is 5.11 Å². The summed E-state index contributed by atoms with van der Waals surface area (Å²) in [5, 5.41) is 14.2. The molecule has 0 fully saturated rings. The van der Waals surface area contributed by atoms with Crippen molar-refractivity contribution in [2.45, 2.75) is 50.6 Å². The highest BCUT2D eigenvalue weighted by Gasteiger charge is 2.13. The van der Waals surface area contributed by atoms with Crippen molar-refractivity contribution in [1.29, 1.82) is 0 Å². The predicted molar refractivity (Wildman–Crippen MR) is 77.8 cm³/mol. The molecule has 4 heteroatoms. The van der Waals surface area contributed by atoms with E-state index in [1.807, 2.05) is 26.1 Å². The Morgan fingerprint density at radius 1 is 1.33 bits per heavy atom. The Bertz CT molecular complexity index is 355. The molecule has 0 amide bonds. The third kappa shape index (κ3) is 5.38. The Morgan fingerprint density at radius 2 is 2.06 bits per heavy atom. The van der Waals surface area contributed by atoms with E-state index in [9.17, 15) is 5.11 Å². The van der Waals surface area contributed by atoms with E-state index < -0.39 is 0 Å². The van der Waals surface area contributed by atoms with Gasteiger partial charge in [0.15, 0.2) is 0 Å². The third-order valence-electron chi connectivity index (χ3n) is 2.69. The first-order valence-corrected chi connectivity index (χ1v) is 7.38. The molecule has 1 rings (SSSR count). The summed E-state index contributed by atoms with van der Waals surface area (Å²) in [4.78, 5) is 4.41. The van der Waals surface area contributed by atoms with Gasteiger partial charge in [0.25, 0.3) is 0 Å². The lowest BCUT2D eigenvalue weighted by Crippen LogP contribution is -2.20. The second-order valence-corrected chi connectivity index (χ2v) is 6.42. The second-order valence-electron chi connectivity index (χ2n) is 5.06. The number of nitrogens with zero attached hydrogens (tertiary/aromatic N) is 1. The SMILES string of the molecule is CC(C)CNCc1cccnc1SC(C)C(C)O. The van der Waals surface area contributed by atoms with Gasteiger partial charge in [-0.15, -0.1) is 11.8 Å². The van der Waals surface area contributed by atoms with E-state index in [-0.39, 0.29) is 11.4 Å². The fourth-order valence-electron chi connectivity index (χ4n) is 1.43. The van der Waals surface area contributed by atoms with Crippen molar-refractivity contribution in [1.82, 2.24) is 10.3 Å². The van der Waals surface area contributed by atoms with Crippen LogP contribution in [0, 0.1) is 5.92 Å². The van der Waals surface area contributed by atoms with Gasteiger partial charge in [-0.1, -0.05) is 26.8 Å². The minimum atomic E-state index is -0.325. The molecule has 2 atom stereocenters. The highest BCUT2D eigenvalue weighted by atomic mass is 32.2. The largest absolute Gasteiger partial charge is 0.392 e. The third-order valence-corrected chi connectivity index (χ3v) is 4.05. The zero-order valence-corrected chi connectivity index (χ0v) is 12.5. The molecular weight excluding hydrogens is 244 g/mol. The molecular formula is C14H24N2OS. The van der Waals surface area contributed by atoms with Crippen LogP contribution < -0.4 is 5.32 Å². The van der Waals surface area contributed by atoms with Gasteiger partial charge in [-0.25, -0.2) is 4.98 Å². The monoisotopic (exact) mass is 268 g/mol. The smallest absolute Gasteiger partial charge is 0.101 e. The molecule has 0 saturated carbocycles. The summed E-state index contributed by atoms with van der Waals surface area (Å²) >= 11 is 1.64. The first-order chi connectivity index (χ1) is 8.50. The molecule has 0 radical (unpaired) electrons. The summed E-state index contributed by atoms with van der Waals surface area (Å²) < 4.78 is 0. The maximum atomic E-state index is 9.56. The molecule has 2 unspecified atom stereocenters. The number of rotatable bonds is 7. The van der Waals surface area contributed by atoms with Crippen LogP contribution in [0.5, 0.6) is 0 Å². The number of hydrogen-bond acceptors (Lipinski definition) is 4. The highest BCUT2D eigenvalue weighted by Crippen LogP contribution is 2.26. The van der Waals surface area contributed by atoms with Gasteiger partial charge in [0, 0.05) is 18.0 Å². The molecule has 102 valence electrons. The number of thioether (sulfide) groups is 1. The zero-order valence-electron chi connectivity index (χ0n) is 11.7. The van der Waals surface area contributed by atoms with Crippen molar-refractivity contribution >= 4 is 11.8 Å². The van der Waals surface area contributed by atoms with Crippen LogP contribution in [0.4, 0.5) is 0 Å². The van der Waals surface area contributed by atoms with E-state index in [2.05, 4.69) is 30.2 Å². The van der Waals surface area contributed by atoms with Crippen LogP contribution in [-0.4, -0.2) is 28.0 Å². The van der Waals surface area contributed by atoms with Gasteiger partial charge < -0.3 is 10.4 Å². The Balaban J connectivity index is 2.61. The fraction of sp³-hybridized carbons (Fsp3) is 0.643. The number of nitrogens with one attached hydrogen (secondary N) is 1. The Hall–Kier alpha value is -0.580. The standard InChI is InChI=1S/C14H24N2OS/c1-10(2)8-15-9-13-6-5-7-16-14(13)18-12(4)11(3)17/h5-7,10-12,15,17H,8-9H2,1-4H3. The molecule has 18 heavy (non-hydrogen) atoms. The van der Waals surface area contributed by atoms with Crippen molar-refractivity contribution in [3.63, 3.8) is 0 Å².